The van der Waals surface area contributed by atoms with Crippen molar-refractivity contribution in [2.75, 3.05) is 5.32 Å². The SMILES string of the molecule is O=C(Nc1ccccc1-c1ccccc1)c1ccc(COc2ccc(F)cc2)o1. The van der Waals surface area contributed by atoms with Crippen molar-refractivity contribution in [3.8, 4) is 16.9 Å². The molecule has 1 heterocycles. The highest BCUT2D eigenvalue weighted by Crippen LogP contribution is 2.28. The van der Waals surface area contributed by atoms with Gasteiger partial charge in [-0.2, -0.15) is 0 Å². The largest absolute Gasteiger partial charge is 0.486 e. The van der Waals surface area contributed by atoms with E-state index < -0.39 is 0 Å². The Morgan fingerprint density at radius 2 is 1.59 bits per heavy atom. The monoisotopic (exact) mass is 387 g/mol. The fourth-order valence-corrected chi connectivity index (χ4v) is 2.91. The van der Waals surface area contributed by atoms with Crippen LogP contribution in [0.3, 0.4) is 0 Å². The number of benzene rings is 3. The van der Waals surface area contributed by atoms with Crippen molar-refractivity contribution in [3.63, 3.8) is 0 Å². The smallest absolute Gasteiger partial charge is 0.291 e. The second-order valence-electron chi connectivity index (χ2n) is 6.37. The van der Waals surface area contributed by atoms with Gasteiger partial charge in [-0.05, 0) is 48.0 Å². The van der Waals surface area contributed by atoms with Gasteiger partial charge in [-0.1, -0.05) is 48.5 Å². The zero-order valence-corrected chi connectivity index (χ0v) is 15.5. The summed E-state index contributed by atoms with van der Waals surface area (Å²) in [6, 6.07) is 26.4. The number of carbonyl (C=O) groups excluding carboxylic acids is 1. The van der Waals surface area contributed by atoms with Gasteiger partial charge in [-0.25, -0.2) is 4.39 Å². The Morgan fingerprint density at radius 1 is 0.862 bits per heavy atom. The predicted molar refractivity (Wildman–Crippen MR) is 109 cm³/mol. The fourth-order valence-electron chi connectivity index (χ4n) is 2.91. The molecule has 0 fully saturated rings. The summed E-state index contributed by atoms with van der Waals surface area (Å²) in [6.07, 6.45) is 0. The number of anilines is 1. The third-order valence-corrected chi connectivity index (χ3v) is 4.34. The summed E-state index contributed by atoms with van der Waals surface area (Å²) in [5, 5.41) is 2.90. The van der Waals surface area contributed by atoms with Gasteiger partial charge in [0.05, 0.1) is 0 Å². The van der Waals surface area contributed by atoms with E-state index in [1.807, 2.05) is 54.6 Å². The Hall–Kier alpha value is -3.86. The third kappa shape index (κ3) is 4.52. The van der Waals surface area contributed by atoms with Crippen molar-refractivity contribution in [3.05, 3.63) is 108 Å². The molecule has 0 saturated heterocycles. The topological polar surface area (TPSA) is 51.5 Å². The van der Waals surface area contributed by atoms with Gasteiger partial charge in [0.25, 0.3) is 5.91 Å². The zero-order valence-electron chi connectivity index (χ0n) is 15.5. The average molecular weight is 387 g/mol. The summed E-state index contributed by atoms with van der Waals surface area (Å²) in [5.74, 6) is 0.526. The number of hydrogen-bond acceptors (Lipinski definition) is 3. The Kier molecular flexibility index (Phi) is 5.38. The first-order valence-corrected chi connectivity index (χ1v) is 9.12. The van der Waals surface area contributed by atoms with Crippen LogP contribution < -0.4 is 10.1 Å². The van der Waals surface area contributed by atoms with Crippen molar-refractivity contribution in [1.29, 1.82) is 0 Å². The van der Waals surface area contributed by atoms with Gasteiger partial charge in [0.15, 0.2) is 5.76 Å². The van der Waals surface area contributed by atoms with E-state index in [0.29, 0.717) is 17.2 Å². The predicted octanol–water partition coefficient (Wildman–Crippen LogP) is 5.92. The zero-order chi connectivity index (χ0) is 20.1. The van der Waals surface area contributed by atoms with Crippen LogP contribution in [0, 0.1) is 5.82 Å². The molecule has 1 amide bonds. The number of para-hydroxylation sites is 1. The molecule has 0 aliphatic carbocycles. The van der Waals surface area contributed by atoms with Gasteiger partial charge in [0, 0.05) is 11.3 Å². The van der Waals surface area contributed by atoms with E-state index in [9.17, 15) is 9.18 Å². The number of rotatable bonds is 6. The normalized spacial score (nSPS) is 10.5. The van der Waals surface area contributed by atoms with Crippen LogP contribution in [0.15, 0.2) is 95.4 Å². The molecule has 5 heteroatoms. The lowest BCUT2D eigenvalue weighted by Gasteiger charge is -2.10. The van der Waals surface area contributed by atoms with Crippen LogP contribution in [-0.4, -0.2) is 5.91 Å². The first-order chi connectivity index (χ1) is 14.2. The van der Waals surface area contributed by atoms with Gasteiger partial charge in [-0.3, -0.25) is 4.79 Å². The minimum Gasteiger partial charge on any atom is -0.486 e. The Labute approximate surface area is 167 Å². The van der Waals surface area contributed by atoms with Crippen LogP contribution in [0.4, 0.5) is 10.1 Å². The summed E-state index contributed by atoms with van der Waals surface area (Å²) >= 11 is 0. The van der Waals surface area contributed by atoms with Gasteiger partial charge in [0.2, 0.25) is 0 Å². The molecule has 0 spiro atoms. The second kappa shape index (κ2) is 8.44. The summed E-state index contributed by atoms with van der Waals surface area (Å²) in [7, 11) is 0. The molecule has 0 saturated carbocycles. The Balaban J connectivity index is 1.44. The molecule has 0 atom stereocenters. The maximum Gasteiger partial charge on any atom is 0.291 e. The maximum absolute atomic E-state index is 12.9. The minimum absolute atomic E-state index is 0.138. The molecule has 4 aromatic rings. The van der Waals surface area contributed by atoms with Crippen molar-refractivity contribution >= 4 is 11.6 Å². The number of carbonyl (C=O) groups is 1. The summed E-state index contributed by atoms with van der Waals surface area (Å²) < 4.78 is 24.1. The highest BCUT2D eigenvalue weighted by atomic mass is 19.1. The van der Waals surface area contributed by atoms with E-state index in [1.165, 1.54) is 24.3 Å². The van der Waals surface area contributed by atoms with Gasteiger partial charge in [-0.15, -0.1) is 0 Å². The van der Waals surface area contributed by atoms with Gasteiger partial charge < -0.3 is 14.5 Å². The van der Waals surface area contributed by atoms with Gasteiger partial charge in [0.1, 0.15) is 23.9 Å². The molecule has 3 aromatic carbocycles. The fraction of sp³-hybridized carbons (Fsp3) is 0.0417. The Morgan fingerprint density at radius 3 is 2.38 bits per heavy atom. The van der Waals surface area contributed by atoms with Crippen LogP contribution in [-0.2, 0) is 6.61 Å². The highest BCUT2D eigenvalue weighted by Gasteiger charge is 2.14. The molecule has 144 valence electrons. The molecule has 0 aliphatic heterocycles. The molecule has 1 aromatic heterocycles. The third-order valence-electron chi connectivity index (χ3n) is 4.34. The number of halogens is 1. The summed E-state index contributed by atoms with van der Waals surface area (Å²) in [6.45, 7) is 0.138. The molecule has 0 bridgehead atoms. The van der Waals surface area contributed by atoms with Crippen LogP contribution in [0.25, 0.3) is 11.1 Å². The minimum atomic E-state index is -0.346. The molecule has 4 nitrogen and oxygen atoms in total. The first-order valence-electron chi connectivity index (χ1n) is 9.12. The lowest BCUT2D eigenvalue weighted by atomic mass is 10.0. The Bertz CT molecular complexity index is 1100. The lowest BCUT2D eigenvalue weighted by molar-refractivity contribution is 0.0992. The van der Waals surface area contributed by atoms with Crippen molar-refractivity contribution in [2.45, 2.75) is 6.61 Å². The van der Waals surface area contributed by atoms with E-state index >= 15 is 0 Å². The number of furan rings is 1. The van der Waals surface area contributed by atoms with E-state index in [1.54, 1.807) is 12.1 Å². The number of nitrogens with one attached hydrogen (secondary N) is 1. The standard InChI is InChI=1S/C24H18FNO3/c25-18-10-12-19(13-11-18)28-16-20-14-15-23(29-20)24(27)26-22-9-5-4-8-21(22)17-6-2-1-3-7-17/h1-15H,16H2,(H,26,27). The van der Waals surface area contributed by atoms with E-state index in [2.05, 4.69) is 5.32 Å². The number of hydrogen-bond donors (Lipinski definition) is 1. The lowest BCUT2D eigenvalue weighted by Crippen LogP contribution is -2.11. The van der Waals surface area contributed by atoms with Crippen LogP contribution >= 0.6 is 0 Å². The quantitative estimate of drug-likeness (QED) is 0.447. The number of amides is 1. The molecule has 29 heavy (non-hydrogen) atoms. The molecule has 0 radical (unpaired) electrons. The number of ether oxygens (including phenoxy) is 1. The van der Waals surface area contributed by atoms with Crippen LogP contribution in [0.1, 0.15) is 16.3 Å². The van der Waals surface area contributed by atoms with Crippen molar-refractivity contribution < 1.29 is 18.3 Å². The summed E-state index contributed by atoms with van der Waals surface area (Å²) in [5.41, 5.74) is 2.63. The van der Waals surface area contributed by atoms with Crippen LogP contribution in [0.5, 0.6) is 5.75 Å². The molecule has 1 N–H and O–H groups in total. The maximum atomic E-state index is 12.9. The highest BCUT2D eigenvalue weighted by molar-refractivity contribution is 6.04. The second-order valence-corrected chi connectivity index (χ2v) is 6.37. The molecule has 0 aliphatic rings. The average Bonchev–Trinajstić information content (AvgIpc) is 3.24. The first kappa shape index (κ1) is 18.5. The summed E-state index contributed by atoms with van der Waals surface area (Å²) in [4.78, 5) is 12.6. The van der Waals surface area contributed by atoms with Gasteiger partial charge >= 0.3 is 0 Å². The molecular formula is C24H18FNO3. The van der Waals surface area contributed by atoms with E-state index in [0.717, 1.165) is 11.1 Å². The van der Waals surface area contributed by atoms with Crippen molar-refractivity contribution in [2.24, 2.45) is 0 Å². The van der Waals surface area contributed by atoms with Crippen LogP contribution in [0.2, 0.25) is 0 Å². The van der Waals surface area contributed by atoms with E-state index in [-0.39, 0.29) is 24.1 Å². The van der Waals surface area contributed by atoms with Crippen molar-refractivity contribution in [1.82, 2.24) is 0 Å². The molecule has 0 unspecified atom stereocenters. The molecule has 4 rings (SSSR count). The van der Waals surface area contributed by atoms with E-state index in [4.69, 9.17) is 9.15 Å². The molecular weight excluding hydrogens is 369 g/mol.